The Bertz CT molecular complexity index is 1210. The second kappa shape index (κ2) is 8.16. The van der Waals surface area contributed by atoms with Crippen LogP contribution in [-0.4, -0.2) is 25.5 Å². The summed E-state index contributed by atoms with van der Waals surface area (Å²) in [4.78, 5) is 13.0. The molecule has 0 radical (unpaired) electrons. The van der Waals surface area contributed by atoms with Gasteiger partial charge in [0.25, 0.3) is 5.91 Å². The molecule has 4 aromatic rings. The number of anilines is 1. The van der Waals surface area contributed by atoms with Crippen LogP contribution in [0, 0.1) is 20.8 Å². The van der Waals surface area contributed by atoms with Crippen molar-refractivity contribution in [1.82, 2.24) is 19.6 Å². The number of hydrogen-bond donors (Lipinski definition) is 1. The van der Waals surface area contributed by atoms with Gasteiger partial charge in [-0.1, -0.05) is 41.9 Å². The Morgan fingerprint density at radius 3 is 2.50 bits per heavy atom. The average molecular weight is 420 g/mol. The van der Waals surface area contributed by atoms with Gasteiger partial charge >= 0.3 is 0 Å². The molecule has 1 amide bonds. The zero-order chi connectivity index (χ0) is 21.3. The summed E-state index contributed by atoms with van der Waals surface area (Å²) in [5, 5.41) is 12.7. The van der Waals surface area contributed by atoms with Gasteiger partial charge in [0.05, 0.1) is 29.2 Å². The van der Waals surface area contributed by atoms with Crippen molar-refractivity contribution < 1.29 is 4.79 Å². The van der Waals surface area contributed by atoms with Crippen LogP contribution in [0.5, 0.6) is 0 Å². The minimum atomic E-state index is -0.223. The summed E-state index contributed by atoms with van der Waals surface area (Å²) in [6.45, 7) is 6.26. The fraction of sp³-hybridized carbons (Fsp3) is 0.174. The van der Waals surface area contributed by atoms with Crippen molar-refractivity contribution >= 4 is 23.3 Å². The fourth-order valence-electron chi connectivity index (χ4n) is 3.51. The molecule has 0 aliphatic rings. The Kier molecular flexibility index (Phi) is 5.42. The molecule has 1 N–H and O–H groups in total. The monoisotopic (exact) mass is 419 g/mol. The summed E-state index contributed by atoms with van der Waals surface area (Å²) in [6.07, 6.45) is 0. The molecule has 30 heavy (non-hydrogen) atoms. The molecule has 0 bridgehead atoms. The second-order valence-corrected chi connectivity index (χ2v) is 7.64. The van der Waals surface area contributed by atoms with Gasteiger partial charge in [0.2, 0.25) is 0 Å². The van der Waals surface area contributed by atoms with Gasteiger partial charge < -0.3 is 5.32 Å². The lowest BCUT2D eigenvalue weighted by atomic mass is 10.2. The highest BCUT2D eigenvalue weighted by atomic mass is 35.5. The van der Waals surface area contributed by atoms with Crippen LogP contribution < -0.4 is 5.32 Å². The van der Waals surface area contributed by atoms with E-state index in [1.165, 1.54) is 0 Å². The molecule has 4 rings (SSSR count). The van der Waals surface area contributed by atoms with Gasteiger partial charge in [-0.3, -0.25) is 9.48 Å². The zero-order valence-electron chi connectivity index (χ0n) is 17.1. The van der Waals surface area contributed by atoms with Crippen LogP contribution in [0.1, 0.15) is 33.0 Å². The first-order chi connectivity index (χ1) is 14.4. The highest BCUT2D eigenvalue weighted by Crippen LogP contribution is 2.20. The molecular formula is C23H22ClN5O. The number of para-hydroxylation sites is 1. The molecule has 2 heterocycles. The predicted octanol–water partition coefficient (Wildman–Crippen LogP) is 4.95. The molecule has 6 nitrogen and oxygen atoms in total. The summed E-state index contributed by atoms with van der Waals surface area (Å²) >= 11 is 6.07. The van der Waals surface area contributed by atoms with Gasteiger partial charge in [-0.25, -0.2) is 4.68 Å². The number of benzene rings is 2. The normalized spacial score (nSPS) is 10.9. The smallest absolute Gasteiger partial charge is 0.260 e. The van der Waals surface area contributed by atoms with Crippen molar-refractivity contribution in [2.45, 2.75) is 27.3 Å². The van der Waals surface area contributed by atoms with E-state index in [-0.39, 0.29) is 5.91 Å². The Labute approximate surface area is 180 Å². The summed E-state index contributed by atoms with van der Waals surface area (Å²) in [6, 6.07) is 19.3. The maximum atomic E-state index is 13.0. The number of hydrogen-bond acceptors (Lipinski definition) is 3. The van der Waals surface area contributed by atoms with Gasteiger partial charge in [0.1, 0.15) is 0 Å². The van der Waals surface area contributed by atoms with Crippen molar-refractivity contribution in [2.24, 2.45) is 0 Å². The third-order valence-corrected chi connectivity index (χ3v) is 5.20. The maximum absolute atomic E-state index is 13.0. The van der Waals surface area contributed by atoms with Gasteiger partial charge in [-0.2, -0.15) is 10.2 Å². The van der Waals surface area contributed by atoms with Gasteiger partial charge in [-0.05, 0) is 50.6 Å². The van der Waals surface area contributed by atoms with E-state index in [0.29, 0.717) is 28.6 Å². The van der Waals surface area contributed by atoms with Crippen molar-refractivity contribution in [1.29, 1.82) is 0 Å². The number of carbonyl (C=O) groups excluding carboxylic acids is 1. The molecule has 2 aromatic carbocycles. The van der Waals surface area contributed by atoms with Crippen molar-refractivity contribution in [3.8, 4) is 5.69 Å². The highest BCUT2D eigenvalue weighted by molar-refractivity contribution is 6.30. The van der Waals surface area contributed by atoms with E-state index < -0.39 is 0 Å². The van der Waals surface area contributed by atoms with Gasteiger partial charge in [0, 0.05) is 16.8 Å². The molecule has 152 valence electrons. The molecule has 0 saturated carbocycles. The van der Waals surface area contributed by atoms with Crippen LogP contribution in [0.2, 0.25) is 5.02 Å². The molecule has 0 atom stereocenters. The molecular weight excluding hydrogens is 398 g/mol. The molecule has 0 aliphatic heterocycles. The number of aryl methyl sites for hydroxylation is 2. The molecule has 2 aromatic heterocycles. The number of nitrogens with one attached hydrogen (secondary N) is 1. The van der Waals surface area contributed by atoms with Crippen LogP contribution >= 0.6 is 11.6 Å². The van der Waals surface area contributed by atoms with Crippen molar-refractivity contribution in [3.05, 3.63) is 93.9 Å². The first-order valence-electron chi connectivity index (χ1n) is 9.64. The van der Waals surface area contributed by atoms with Crippen LogP contribution in [0.3, 0.4) is 0 Å². The lowest BCUT2D eigenvalue weighted by Gasteiger charge is -2.06. The number of carbonyl (C=O) groups is 1. The maximum Gasteiger partial charge on any atom is 0.260 e. The Balaban J connectivity index is 1.56. The van der Waals surface area contributed by atoms with E-state index in [9.17, 15) is 4.79 Å². The summed E-state index contributed by atoms with van der Waals surface area (Å²) in [7, 11) is 0. The van der Waals surface area contributed by atoms with E-state index in [0.717, 1.165) is 22.6 Å². The molecule has 0 aliphatic carbocycles. The largest absolute Gasteiger partial charge is 0.305 e. The minimum Gasteiger partial charge on any atom is -0.305 e. The predicted molar refractivity (Wildman–Crippen MR) is 119 cm³/mol. The van der Waals surface area contributed by atoms with Crippen LogP contribution in [0.15, 0.2) is 60.7 Å². The average Bonchev–Trinajstić information content (AvgIpc) is 3.20. The quantitative estimate of drug-likeness (QED) is 0.497. The van der Waals surface area contributed by atoms with Gasteiger partial charge in [0.15, 0.2) is 5.82 Å². The Hall–Kier alpha value is -3.38. The van der Waals surface area contributed by atoms with E-state index >= 15 is 0 Å². The topological polar surface area (TPSA) is 64.7 Å². The van der Waals surface area contributed by atoms with Crippen LogP contribution in [0.25, 0.3) is 5.69 Å². The molecule has 7 heteroatoms. The molecule has 0 spiro atoms. The zero-order valence-corrected chi connectivity index (χ0v) is 17.8. The minimum absolute atomic E-state index is 0.223. The number of aromatic nitrogens is 4. The summed E-state index contributed by atoms with van der Waals surface area (Å²) in [5.74, 6) is 0.283. The number of nitrogens with zero attached hydrogens (tertiary/aromatic N) is 4. The van der Waals surface area contributed by atoms with Crippen molar-refractivity contribution in [2.75, 3.05) is 5.32 Å². The van der Waals surface area contributed by atoms with E-state index in [2.05, 4.69) is 15.5 Å². The standard InChI is InChI=1S/C23H22ClN5O/c1-15-12-21(27-28(15)14-18-8-7-9-19(24)13-18)25-23(30)22-16(2)26-29(17(22)3)20-10-5-4-6-11-20/h4-13H,14H2,1-3H3,(H,25,27,30). The number of rotatable bonds is 5. The third kappa shape index (κ3) is 4.00. The fourth-order valence-corrected chi connectivity index (χ4v) is 3.72. The first-order valence-corrected chi connectivity index (χ1v) is 10.0. The third-order valence-electron chi connectivity index (χ3n) is 4.96. The lowest BCUT2D eigenvalue weighted by Crippen LogP contribution is -2.15. The van der Waals surface area contributed by atoms with Crippen LogP contribution in [-0.2, 0) is 6.54 Å². The Morgan fingerprint density at radius 1 is 1.00 bits per heavy atom. The van der Waals surface area contributed by atoms with E-state index in [1.807, 2.05) is 86.1 Å². The number of halogens is 1. The molecule has 0 saturated heterocycles. The number of amides is 1. The summed E-state index contributed by atoms with van der Waals surface area (Å²) < 4.78 is 3.63. The molecule has 0 unspecified atom stereocenters. The van der Waals surface area contributed by atoms with E-state index in [1.54, 1.807) is 4.68 Å². The summed E-state index contributed by atoms with van der Waals surface area (Å²) in [5.41, 5.74) is 4.91. The highest BCUT2D eigenvalue weighted by Gasteiger charge is 2.20. The Morgan fingerprint density at radius 2 is 1.77 bits per heavy atom. The lowest BCUT2D eigenvalue weighted by molar-refractivity contribution is 0.102. The molecule has 0 fully saturated rings. The van der Waals surface area contributed by atoms with E-state index in [4.69, 9.17) is 11.6 Å². The van der Waals surface area contributed by atoms with Crippen LogP contribution in [0.4, 0.5) is 5.82 Å². The second-order valence-electron chi connectivity index (χ2n) is 7.21. The SMILES string of the molecule is Cc1nn(-c2ccccc2)c(C)c1C(=O)Nc1cc(C)n(Cc2cccc(Cl)c2)n1. The van der Waals surface area contributed by atoms with Gasteiger partial charge in [-0.15, -0.1) is 0 Å². The van der Waals surface area contributed by atoms with Crippen molar-refractivity contribution in [3.63, 3.8) is 0 Å². The first kappa shape index (κ1) is 19.9.